The van der Waals surface area contributed by atoms with Crippen molar-refractivity contribution in [3.8, 4) is 0 Å². The summed E-state index contributed by atoms with van der Waals surface area (Å²) in [6.45, 7) is 1.68. The van der Waals surface area contributed by atoms with Crippen LogP contribution in [0, 0.1) is 0 Å². The zero-order valence-corrected chi connectivity index (χ0v) is 9.41. The van der Waals surface area contributed by atoms with Crippen molar-refractivity contribution in [2.24, 2.45) is 10.7 Å². The van der Waals surface area contributed by atoms with Crippen LogP contribution in [0.25, 0.3) is 0 Å². The number of hydrogen-bond donors (Lipinski definition) is 3. The van der Waals surface area contributed by atoms with Gasteiger partial charge in [-0.3, -0.25) is 14.8 Å². The van der Waals surface area contributed by atoms with Crippen LogP contribution in [0.15, 0.2) is 14.6 Å². The van der Waals surface area contributed by atoms with E-state index in [9.17, 15) is 9.59 Å². The number of nitrogens with one attached hydrogen (secondary N) is 2. The Morgan fingerprint density at radius 2 is 2.07 bits per heavy atom. The predicted molar refractivity (Wildman–Crippen MR) is 60.9 cm³/mol. The van der Waals surface area contributed by atoms with E-state index in [4.69, 9.17) is 17.3 Å². The molecule has 6 nitrogen and oxygen atoms in total. The third-order valence-electron chi connectivity index (χ3n) is 1.44. The topological polar surface area (TPSA) is 104 Å². The van der Waals surface area contributed by atoms with Gasteiger partial charge in [0.25, 0.3) is 5.56 Å². The van der Waals surface area contributed by atoms with Crippen LogP contribution in [0.2, 0.25) is 5.02 Å². The first-order valence-corrected chi connectivity index (χ1v) is 4.16. The standard InChI is InChI=1S/C7H9ClN4O2.ClH/c1-3(9)10-2-4-5(8)6(13)12-7(14)11-4;/h2H2,1H3,(H2,9,10)(H2,11,12,13,14);1H. The van der Waals surface area contributed by atoms with Crippen LogP contribution in [0.1, 0.15) is 12.6 Å². The van der Waals surface area contributed by atoms with E-state index in [1.54, 1.807) is 6.92 Å². The Labute approximate surface area is 96.0 Å². The summed E-state index contributed by atoms with van der Waals surface area (Å²) in [6, 6.07) is 0. The summed E-state index contributed by atoms with van der Waals surface area (Å²) in [7, 11) is 0. The fourth-order valence-corrected chi connectivity index (χ4v) is 0.985. The summed E-state index contributed by atoms with van der Waals surface area (Å²) >= 11 is 5.62. The van der Waals surface area contributed by atoms with E-state index in [2.05, 4.69) is 9.98 Å². The second-order valence-corrected chi connectivity index (χ2v) is 3.04. The maximum Gasteiger partial charge on any atom is 0.326 e. The van der Waals surface area contributed by atoms with Gasteiger partial charge in [-0.2, -0.15) is 0 Å². The molecule has 0 aliphatic carbocycles. The fourth-order valence-electron chi connectivity index (χ4n) is 0.831. The van der Waals surface area contributed by atoms with Gasteiger partial charge in [0, 0.05) is 0 Å². The molecule has 4 N–H and O–H groups in total. The Morgan fingerprint density at radius 1 is 1.47 bits per heavy atom. The quantitative estimate of drug-likeness (QED) is 0.511. The summed E-state index contributed by atoms with van der Waals surface area (Å²) in [5.74, 6) is 0.349. The van der Waals surface area contributed by atoms with Crippen molar-refractivity contribution in [2.45, 2.75) is 13.5 Å². The largest absolute Gasteiger partial charge is 0.388 e. The highest BCUT2D eigenvalue weighted by Crippen LogP contribution is 2.05. The molecule has 0 saturated heterocycles. The number of amidine groups is 1. The number of aromatic nitrogens is 2. The molecule has 0 fully saturated rings. The van der Waals surface area contributed by atoms with Crippen LogP contribution in [-0.2, 0) is 6.54 Å². The molecule has 0 atom stereocenters. The number of aliphatic imine (C=N–C) groups is 1. The molecule has 0 saturated carbocycles. The molecule has 0 aliphatic rings. The lowest BCUT2D eigenvalue weighted by Crippen LogP contribution is -2.24. The van der Waals surface area contributed by atoms with Crippen LogP contribution in [-0.4, -0.2) is 15.8 Å². The predicted octanol–water partition coefficient (Wildman–Crippen LogP) is 0.0155. The Morgan fingerprint density at radius 3 is 2.60 bits per heavy atom. The number of aromatic amines is 2. The maximum absolute atomic E-state index is 11.0. The van der Waals surface area contributed by atoms with Gasteiger partial charge in [0.2, 0.25) is 0 Å². The van der Waals surface area contributed by atoms with E-state index in [0.29, 0.717) is 5.84 Å². The summed E-state index contributed by atoms with van der Waals surface area (Å²) in [6.07, 6.45) is 0. The minimum Gasteiger partial charge on any atom is -0.388 e. The molecule has 15 heavy (non-hydrogen) atoms. The van der Waals surface area contributed by atoms with Crippen LogP contribution < -0.4 is 17.0 Å². The zero-order valence-electron chi connectivity index (χ0n) is 7.83. The molecule has 0 radical (unpaired) electrons. The SMILES string of the molecule is CC(N)=NCc1[nH]c(=O)[nH]c(=O)c1Cl.Cl. The summed E-state index contributed by atoms with van der Waals surface area (Å²) < 4.78 is 0. The molecule has 0 aliphatic heterocycles. The number of halogens is 2. The lowest BCUT2D eigenvalue weighted by atomic mass is 10.4. The van der Waals surface area contributed by atoms with Gasteiger partial charge in [-0.25, -0.2) is 4.79 Å². The van der Waals surface area contributed by atoms with Crippen molar-refractivity contribution in [3.05, 3.63) is 31.6 Å². The van der Waals surface area contributed by atoms with Crippen LogP contribution in [0.5, 0.6) is 0 Å². The average Bonchev–Trinajstić information content (AvgIpc) is 2.08. The van der Waals surface area contributed by atoms with Crippen molar-refractivity contribution in [1.82, 2.24) is 9.97 Å². The lowest BCUT2D eigenvalue weighted by molar-refractivity contribution is 0.913. The van der Waals surface area contributed by atoms with Gasteiger partial charge in [0.05, 0.1) is 18.1 Å². The molecule has 0 amide bonds. The van der Waals surface area contributed by atoms with Crippen molar-refractivity contribution < 1.29 is 0 Å². The molecule has 1 rings (SSSR count). The first-order valence-electron chi connectivity index (χ1n) is 3.78. The molecular formula is C7H10Cl2N4O2. The van der Waals surface area contributed by atoms with Crippen LogP contribution in [0.3, 0.4) is 0 Å². The van der Waals surface area contributed by atoms with Gasteiger partial charge in [-0.05, 0) is 6.92 Å². The van der Waals surface area contributed by atoms with Crippen molar-refractivity contribution in [1.29, 1.82) is 0 Å². The first-order chi connectivity index (χ1) is 6.50. The molecule has 0 bridgehead atoms. The highest BCUT2D eigenvalue weighted by molar-refractivity contribution is 6.30. The normalized spacial score (nSPS) is 10.9. The van der Waals surface area contributed by atoms with E-state index in [-0.39, 0.29) is 29.7 Å². The smallest absolute Gasteiger partial charge is 0.326 e. The van der Waals surface area contributed by atoms with Crippen molar-refractivity contribution in [3.63, 3.8) is 0 Å². The highest BCUT2D eigenvalue weighted by Gasteiger charge is 2.05. The number of H-pyrrole nitrogens is 2. The number of nitrogens with two attached hydrogens (primary N) is 1. The lowest BCUT2D eigenvalue weighted by Gasteiger charge is -1.98. The first kappa shape index (κ1) is 13.7. The minimum absolute atomic E-state index is 0. The molecule has 84 valence electrons. The second-order valence-electron chi connectivity index (χ2n) is 2.66. The van der Waals surface area contributed by atoms with Gasteiger partial charge >= 0.3 is 5.69 Å². The number of rotatable bonds is 2. The molecule has 0 unspecified atom stereocenters. The Hall–Kier alpha value is -1.27. The summed E-state index contributed by atoms with van der Waals surface area (Å²) in [5.41, 5.74) is 4.31. The van der Waals surface area contributed by atoms with Crippen LogP contribution >= 0.6 is 24.0 Å². The van der Waals surface area contributed by atoms with Gasteiger partial charge < -0.3 is 10.7 Å². The molecule has 1 aromatic heterocycles. The van der Waals surface area contributed by atoms with Crippen molar-refractivity contribution >= 4 is 29.8 Å². The number of hydrogen-bond acceptors (Lipinski definition) is 3. The van der Waals surface area contributed by atoms with Gasteiger partial charge in [0.1, 0.15) is 5.02 Å². The van der Waals surface area contributed by atoms with E-state index in [0.717, 1.165) is 0 Å². The molecule has 0 aromatic carbocycles. The Kier molecular flexibility index (Phi) is 5.10. The zero-order chi connectivity index (χ0) is 10.7. The summed E-state index contributed by atoms with van der Waals surface area (Å²) in [4.78, 5) is 30.1. The fraction of sp³-hybridized carbons (Fsp3) is 0.286. The monoisotopic (exact) mass is 252 g/mol. The number of nitrogens with zero attached hydrogens (tertiary/aromatic N) is 1. The molecule has 1 heterocycles. The minimum atomic E-state index is -0.629. The Bertz CT molecular complexity index is 473. The molecule has 1 aromatic rings. The average molecular weight is 253 g/mol. The third-order valence-corrected chi connectivity index (χ3v) is 1.84. The van der Waals surface area contributed by atoms with Gasteiger partial charge in [-0.1, -0.05) is 11.6 Å². The van der Waals surface area contributed by atoms with E-state index >= 15 is 0 Å². The van der Waals surface area contributed by atoms with E-state index in [1.165, 1.54) is 0 Å². The third kappa shape index (κ3) is 3.77. The second kappa shape index (κ2) is 5.57. The highest BCUT2D eigenvalue weighted by atomic mass is 35.5. The maximum atomic E-state index is 11.0. The van der Waals surface area contributed by atoms with Crippen LogP contribution in [0.4, 0.5) is 0 Å². The van der Waals surface area contributed by atoms with Gasteiger partial charge in [-0.15, -0.1) is 12.4 Å². The van der Waals surface area contributed by atoms with E-state index in [1.807, 2.05) is 4.98 Å². The van der Waals surface area contributed by atoms with E-state index < -0.39 is 11.2 Å². The molecular weight excluding hydrogens is 243 g/mol. The van der Waals surface area contributed by atoms with Gasteiger partial charge in [0.15, 0.2) is 0 Å². The summed E-state index contributed by atoms with van der Waals surface area (Å²) in [5, 5.41) is -0.0744. The molecule has 8 heteroatoms. The van der Waals surface area contributed by atoms with Crippen molar-refractivity contribution in [2.75, 3.05) is 0 Å². The Balaban J connectivity index is 0.00000196. The molecule has 0 spiro atoms.